The lowest BCUT2D eigenvalue weighted by Crippen LogP contribution is -2.24. The zero-order chi connectivity index (χ0) is 19.8. The van der Waals surface area contributed by atoms with Crippen LogP contribution in [-0.2, 0) is 7.05 Å². The van der Waals surface area contributed by atoms with Gasteiger partial charge in [0.05, 0.1) is 17.2 Å². The van der Waals surface area contributed by atoms with Gasteiger partial charge in [-0.15, -0.1) is 0 Å². The van der Waals surface area contributed by atoms with Crippen LogP contribution in [-0.4, -0.2) is 20.7 Å². The Hall–Kier alpha value is -2.90. The molecule has 4 rings (SSSR count). The third-order valence-electron chi connectivity index (χ3n) is 5.35. The minimum atomic E-state index is -2.85. The zero-order valence-corrected chi connectivity index (χ0v) is 15.8. The number of anilines is 2. The molecule has 8 heteroatoms. The van der Waals surface area contributed by atoms with E-state index >= 15 is 0 Å². The quantitative estimate of drug-likeness (QED) is 0.699. The second-order valence-electron chi connectivity index (χ2n) is 7.19. The van der Waals surface area contributed by atoms with Gasteiger partial charge in [0.1, 0.15) is 11.6 Å². The van der Waals surface area contributed by atoms with E-state index in [1.54, 1.807) is 36.9 Å². The van der Waals surface area contributed by atoms with Gasteiger partial charge in [-0.1, -0.05) is 12.8 Å². The topological polar surface area (TPSA) is 61.1 Å². The fraction of sp³-hybridized carbons (Fsp3) is 0.400. The summed E-state index contributed by atoms with van der Waals surface area (Å²) in [6.45, 7) is -1.05. The van der Waals surface area contributed by atoms with E-state index in [2.05, 4.69) is 15.0 Å². The SMILES string of the molecule is Cc1cc(OC(F)F)ccc1Nc1cc2c(cn1)n(C)c(=O)n2C1CCCC1. The molecule has 148 valence electrons. The van der Waals surface area contributed by atoms with Crippen LogP contribution >= 0.6 is 0 Å². The van der Waals surface area contributed by atoms with Gasteiger partial charge >= 0.3 is 12.3 Å². The number of aryl methyl sites for hydroxylation is 2. The van der Waals surface area contributed by atoms with Gasteiger partial charge in [-0.2, -0.15) is 8.78 Å². The van der Waals surface area contributed by atoms with Crippen molar-refractivity contribution in [3.05, 3.63) is 46.5 Å². The van der Waals surface area contributed by atoms with Gasteiger partial charge in [-0.05, 0) is 43.5 Å². The van der Waals surface area contributed by atoms with Crippen molar-refractivity contribution < 1.29 is 13.5 Å². The summed E-state index contributed by atoms with van der Waals surface area (Å²) in [6, 6.07) is 6.80. The van der Waals surface area contributed by atoms with Gasteiger partial charge in [0, 0.05) is 24.8 Å². The maximum absolute atomic E-state index is 12.7. The number of ether oxygens (including phenoxy) is 1. The summed E-state index contributed by atoms with van der Waals surface area (Å²) in [7, 11) is 1.76. The third-order valence-corrected chi connectivity index (χ3v) is 5.35. The molecule has 2 heterocycles. The Morgan fingerprint density at radius 2 is 1.96 bits per heavy atom. The van der Waals surface area contributed by atoms with Crippen molar-refractivity contribution in [3.63, 3.8) is 0 Å². The molecule has 1 aliphatic rings. The molecule has 0 spiro atoms. The number of alkyl halides is 2. The van der Waals surface area contributed by atoms with Gasteiger partial charge < -0.3 is 10.1 Å². The van der Waals surface area contributed by atoms with E-state index < -0.39 is 6.61 Å². The molecular weight excluding hydrogens is 366 g/mol. The van der Waals surface area contributed by atoms with Crippen LogP contribution in [0.4, 0.5) is 20.3 Å². The van der Waals surface area contributed by atoms with Crippen molar-refractivity contribution in [2.45, 2.75) is 45.3 Å². The molecule has 1 aromatic carbocycles. The van der Waals surface area contributed by atoms with Crippen molar-refractivity contribution in [3.8, 4) is 5.75 Å². The Balaban J connectivity index is 1.68. The fourth-order valence-corrected chi connectivity index (χ4v) is 3.93. The lowest BCUT2D eigenvalue weighted by molar-refractivity contribution is -0.0498. The Labute approximate surface area is 160 Å². The summed E-state index contributed by atoms with van der Waals surface area (Å²) in [4.78, 5) is 17.1. The summed E-state index contributed by atoms with van der Waals surface area (Å²) in [6.07, 6.45) is 5.98. The molecule has 0 saturated heterocycles. The molecule has 1 saturated carbocycles. The normalized spacial score (nSPS) is 14.9. The average molecular weight is 388 g/mol. The van der Waals surface area contributed by atoms with E-state index in [1.165, 1.54) is 6.07 Å². The number of hydrogen-bond acceptors (Lipinski definition) is 4. The van der Waals surface area contributed by atoms with Crippen LogP contribution in [0.2, 0.25) is 0 Å². The molecule has 0 radical (unpaired) electrons. The number of pyridine rings is 1. The van der Waals surface area contributed by atoms with Crippen LogP contribution in [0.1, 0.15) is 37.3 Å². The van der Waals surface area contributed by atoms with Crippen molar-refractivity contribution >= 4 is 22.5 Å². The molecule has 6 nitrogen and oxygen atoms in total. The fourth-order valence-electron chi connectivity index (χ4n) is 3.93. The molecule has 2 aromatic heterocycles. The van der Waals surface area contributed by atoms with Crippen LogP contribution in [0, 0.1) is 6.92 Å². The molecule has 0 bridgehead atoms. The molecule has 1 N–H and O–H groups in total. The number of benzene rings is 1. The van der Waals surface area contributed by atoms with E-state index in [9.17, 15) is 13.6 Å². The van der Waals surface area contributed by atoms with Gasteiger partial charge in [-0.3, -0.25) is 9.13 Å². The third kappa shape index (κ3) is 3.34. The minimum Gasteiger partial charge on any atom is -0.435 e. The van der Waals surface area contributed by atoms with Crippen LogP contribution < -0.4 is 15.7 Å². The number of nitrogens with zero attached hydrogens (tertiary/aromatic N) is 3. The average Bonchev–Trinajstić information content (AvgIpc) is 3.24. The second kappa shape index (κ2) is 7.26. The lowest BCUT2D eigenvalue weighted by atomic mass is 10.2. The summed E-state index contributed by atoms with van der Waals surface area (Å²) < 4.78 is 32.7. The van der Waals surface area contributed by atoms with E-state index in [4.69, 9.17) is 0 Å². The number of fused-ring (bicyclic) bond motifs is 1. The van der Waals surface area contributed by atoms with Crippen LogP contribution in [0.15, 0.2) is 35.3 Å². The molecule has 0 atom stereocenters. The van der Waals surface area contributed by atoms with Gasteiger partial charge in [0.25, 0.3) is 0 Å². The summed E-state index contributed by atoms with van der Waals surface area (Å²) in [5.41, 5.74) is 3.11. The molecule has 1 aliphatic carbocycles. The molecule has 3 aromatic rings. The highest BCUT2D eigenvalue weighted by atomic mass is 19.3. The van der Waals surface area contributed by atoms with E-state index in [1.807, 2.05) is 10.6 Å². The number of rotatable bonds is 5. The Morgan fingerprint density at radius 3 is 2.64 bits per heavy atom. The smallest absolute Gasteiger partial charge is 0.387 e. The number of hydrogen-bond donors (Lipinski definition) is 1. The first kappa shape index (κ1) is 18.5. The zero-order valence-electron chi connectivity index (χ0n) is 15.8. The molecule has 0 amide bonds. The van der Waals surface area contributed by atoms with E-state index in [0.717, 1.165) is 48.0 Å². The van der Waals surface area contributed by atoms with Gasteiger partial charge in [-0.25, -0.2) is 9.78 Å². The van der Waals surface area contributed by atoms with Crippen molar-refractivity contribution in [2.24, 2.45) is 7.05 Å². The van der Waals surface area contributed by atoms with Crippen molar-refractivity contribution in [1.29, 1.82) is 0 Å². The van der Waals surface area contributed by atoms with Crippen molar-refractivity contribution in [1.82, 2.24) is 14.1 Å². The first-order valence-electron chi connectivity index (χ1n) is 9.33. The van der Waals surface area contributed by atoms with Gasteiger partial charge in [0.2, 0.25) is 0 Å². The number of imidazole rings is 1. The largest absolute Gasteiger partial charge is 0.435 e. The monoisotopic (exact) mass is 388 g/mol. The Kier molecular flexibility index (Phi) is 4.78. The maximum Gasteiger partial charge on any atom is 0.387 e. The van der Waals surface area contributed by atoms with Gasteiger partial charge in [0.15, 0.2) is 0 Å². The number of halogens is 2. The summed E-state index contributed by atoms with van der Waals surface area (Å²) in [5.74, 6) is 0.704. The van der Waals surface area contributed by atoms with Crippen LogP contribution in [0.25, 0.3) is 11.0 Å². The standard InChI is InChI=1S/C20H22F2N4O2/c1-12-9-14(28-19(21)22)7-8-15(12)24-18-10-16-17(11-23-18)25(2)20(27)26(16)13-5-3-4-6-13/h7-11,13,19H,3-6H2,1-2H3,(H,23,24). The molecular formula is C20H22F2N4O2. The summed E-state index contributed by atoms with van der Waals surface area (Å²) in [5, 5.41) is 3.21. The highest BCUT2D eigenvalue weighted by Crippen LogP contribution is 2.32. The molecule has 0 aliphatic heterocycles. The van der Waals surface area contributed by atoms with Crippen LogP contribution in [0.5, 0.6) is 5.75 Å². The maximum atomic E-state index is 12.7. The van der Waals surface area contributed by atoms with E-state index in [-0.39, 0.29) is 17.5 Å². The van der Waals surface area contributed by atoms with Crippen molar-refractivity contribution in [2.75, 3.05) is 5.32 Å². The number of aromatic nitrogens is 3. The lowest BCUT2D eigenvalue weighted by Gasteiger charge is -2.13. The minimum absolute atomic E-state index is 0.0227. The molecule has 0 unspecified atom stereocenters. The predicted octanol–water partition coefficient (Wildman–Crippen LogP) is 4.50. The molecule has 28 heavy (non-hydrogen) atoms. The first-order chi connectivity index (χ1) is 13.4. The first-order valence-corrected chi connectivity index (χ1v) is 9.33. The summed E-state index contributed by atoms with van der Waals surface area (Å²) >= 11 is 0. The van der Waals surface area contributed by atoms with Crippen LogP contribution in [0.3, 0.4) is 0 Å². The predicted molar refractivity (Wildman–Crippen MR) is 104 cm³/mol. The Morgan fingerprint density at radius 1 is 1.21 bits per heavy atom. The van der Waals surface area contributed by atoms with E-state index in [0.29, 0.717) is 5.82 Å². The Bertz CT molecular complexity index is 1070. The highest BCUT2D eigenvalue weighted by Gasteiger charge is 2.23. The number of nitrogens with one attached hydrogen (secondary N) is 1. The highest BCUT2D eigenvalue weighted by molar-refractivity contribution is 5.79. The second-order valence-corrected chi connectivity index (χ2v) is 7.19. The molecule has 1 fully saturated rings.